The number of rotatable bonds is 2. The van der Waals surface area contributed by atoms with Crippen LogP contribution in [-0.4, -0.2) is 10.1 Å². The summed E-state index contributed by atoms with van der Waals surface area (Å²) in [5, 5.41) is 11.9. The number of hydrogen-bond donors (Lipinski definition) is 1. The van der Waals surface area contributed by atoms with Crippen LogP contribution in [-0.2, 0) is 0 Å². The molecule has 3 rings (SSSR count). The molecule has 1 aliphatic rings. The molecule has 0 saturated carbocycles. The van der Waals surface area contributed by atoms with Crippen LogP contribution in [0, 0.1) is 0 Å². The van der Waals surface area contributed by atoms with Crippen molar-refractivity contribution in [3.8, 4) is 0 Å². The van der Waals surface area contributed by atoms with Crippen molar-refractivity contribution in [2.45, 2.75) is 44.6 Å². The van der Waals surface area contributed by atoms with Crippen LogP contribution in [0.3, 0.4) is 0 Å². The van der Waals surface area contributed by atoms with E-state index < -0.39 is 6.10 Å². The van der Waals surface area contributed by atoms with Gasteiger partial charge in [0.1, 0.15) is 6.10 Å². The van der Waals surface area contributed by atoms with Gasteiger partial charge in [0.25, 0.3) is 0 Å². The third-order valence-corrected chi connectivity index (χ3v) is 4.91. The highest BCUT2D eigenvalue weighted by molar-refractivity contribution is 9.10. The summed E-state index contributed by atoms with van der Waals surface area (Å²) >= 11 is 3.56. The van der Waals surface area contributed by atoms with Crippen molar-refractivity contribution < 1.29 is 5.11 Å². The maximum atomic E-state index is 10.8. The van der Waals surface area contributed by atoms with Crippen molar-refractivity contribution >= 4 is 26.8 Å². The van der Waals surface area contributed by atoms with Crippen LogP contribution >= 0.6 is 15.9 Å². The lowest BCUT2D eigenvalue weighted by atomic mass is 9.92. The summed E-state index contributed by atoms with van der Waals surface area (Å²) in [5.41, 5.74) is 2.96. The van der Waals surface area contributed by atoms with Gasteiger partial charge in [-0.3, -0.25) is 4.98 Å². The number of fused-ring (bicyclic) bond motifs is 1. The Morgan fingerprint density at radius 2 is 1.95 bits per heavy atom. The lowest BCUT2D eigenvalue weighted by molar-refractivity contribution is 0.210. The van der Waals surface area contributed by atoms with Crippen LogP contribution in [0.15, 0.2) is 46.6 Å². The van der Waals surface area contributed by atoms with Crippen LogP contribution in [0.2, 0.25) is 0 Å². The Morgan fingerprint density at radius 3 is 2.86 bits per heavy atom. The third-order valence-electron chi connectivity index (χ3n) is 4.22. The van der Waals surface area contributed by atoms with E-state index >= 15 is 0 Å². The Morgan fingerprint density at radius 1 is 1.10 bits per heavy atom. The highest BCUT2D eigenvalue weighted by atomic mass is 79.9. The van der Waals surface area contributed by atoms with Crippen molar-refractivity contribution in [3.05, 3.63) is 52.1 Å². The zero-order valence-corrected chi connectivity index (χ0v) is 13.6. The maximum absolute atomic E-state index is 10.8. The molecule has 2 nitrogen and oxygen atoms in total. The smallest absolute Gasteiger partial charge is 0.102 e. The van der Waals surface area contributed by atoms with Crippen molar-refractivity contribution in [1.82, 2.24) is 4.98 Å². The van der Waals surface area contributed by atoms with E-state index in [9.17, 15) is 5.11 Å². The Hall–Kier alpha value is -1.19. The molecule has 110 valence electrons. The summed E-state index contributed by atoms with van der Waals surface area (Å²) < 4.78 is 1.02. The molecule has 1 aliphatic carbocycles. The summed E-state index contributed by atoms with van der Waals surface area (Å²) in [4.78, 5) is 4.48. The number of hydrogen-bond acceptors (Lipinski definition) is 2. The van der Waals surface area contributed by atoms with Crippen LogP contribution in [0.25, 0.3) is 10.9 Å². The summed E-state index contributed by atoms with van der Waals surface area (Å²) in [7, 11) is 0. The Bertz CT molecular complexity index is 665. The Balaban J connectivity index is 2.01. The van der Waals surface area contributed by atoms with E-state index in [4.69, 9.17) is 0 Å². The number of allylic oxidation sites excluding steroid dienone is 1. The highest BCUT2D eigenvalue weighted by Gasteiger charge is 2.18. The maximum Gasteiger partial charge on any atom is 0.102 e. The van der Waals surface area contributed by atoms with Crippen molar-refractivity contribution in [3.63, 3.8) is 0 Å². The Labute approximate surface area is 134 Å². The van der Waals surface area contributed by atoms with Gasteiger partial charge in [0.05, 0.1) is 5.52 Å². The Kier molecular flexibility index (Phi) is 4.71. The van der Waals surface area contributed by atoms with Gasteiger partial charge in [-0.15, -0.1) is 0 Å². The molecule has 1 atom stereocenters. The molecule has 1 unspecified atom stereocenters. The van der Waals surface area contributed by atoms with Crippen LogP contribution < -0.4 is 0 Å². The van der Waals surface area contributed by atoms with E-state index in [-0.39, 0.29) is 0 Å². The minimum absolute atomic E-state index is 0.534. The SMILES string of the molecule is OC(/C1=C/CCCCCC1)c1ccc(Br)c2cccnc12. The van der Waals surface area contributed by atoms with Gasteiger partial charge in [0, 0.05) is 21.6 Å². The highest BCUT2D eigenvalue weighted by Crippen LogP contribution is 2.34. The molecule has 1 aromatic carbocycles. The average Bonchev–Trinajstić information content (AvgIpc) is 2.47. The second-order valence-electron chi connectivity index (χ2n) is 5.67. The second-order valence-corrected chi connectivity index (χ2v) is 6.52. The molecule has 1 N–H and O–H groups in total. The van der Waals surface area contributed by atoms with Gasteiger partial charge in [0.15, 0.2) is 0 Å². The predicted molar refractivity (Wildman–Crippen MR) is 90.2 cm³/mol. The second kappa shape index (κ2) is 6.71. The fraction of sp³-hybridized carbons (Fsp3) is 0.389. The first-order chi connectivity index (χ1) is 10.3. The minimum Gasteiger partial charge on any atom is -0.384 e. The van der Waals surface area contributed by atoms with Gasteiger partial charge in [-0.2, -0.15) is 0 Å². The molecule has 0 aliphatic heterocycles. The molecule has 0 bridgehead atoms. The first-order valence-electron chi connectivity index (χ1n) is 7.67. The molecule has 0 amide bonds. The average molecular weight is 346 g/mol. The van der Waals surface area contributed by atoms with Crippen molar-refractivity contribution in [2.75, 3.05) is 0 Å². The molecule has 0 spiro atoms. The first-order valence-corrected chi connectivity index (χ1v) is 8.47. The molecule has 0 radical (unpaired) electrons. The van der Waals surface area contributed by atoms with E-state index in [2.05, 4.69) is 27.0 Å². The van der Waals surface area contributed by atoms with Crippen LogP contribution in [0.5, 0.6) is 0 Å². The lowest BCUT2D eigenvalue weighted by Crippen LogP contribution is -2.05. The number of aliphatic hydroxyl groups is 1. The number of benzene rings is 1. The largest absolute Gasteiger partial charge is 0.384 e. The number of halogens is 1. The minimum atomic E-state index is -0.534. The zero-order valence-electron chi connectivity index (χ0n) is 12.1. The third kappa shape index (κ3) is 3.19. The monoisotopic (exact) mass is 345 g/mol. The molecular weight excluding hydrogens is 326 g/mol. The molecule has 0 fully saturated rings. The summed E-state index contributed by atoms with van der Waals surface area (Å²) in [6, 6.07) is 7.96. The van der Waals surface area contributed by atoms with E-state index in [0.717, 1.165) is 39.4 Å². The van der Waals surface area contributed by atoms with Gasteiger partial charge in [-0.25, -0.2) is 0 Å². The number of aliphatic hydroxyl groups excluding tert-OH is 1. The van der Waals surface area contributed by atoms with Gasteiger partial charge >= 0.3 is 0 Å². The number of nitrogens with zero attached hydrogens (tertiary/aromatic N) is 1. The quantitative estimate of drug-likeness (QED) is 0.748. The molecular formula is C18H20BrNO. The number of pyridine rings is 1. The van der Waals surface area contributed by atoms with Crippen LogP contribution in [0.1, 0.15) is 50.2 Å². The fourth-order valence-electron chi connectivity index (χ4n) is 3.04. The predicted octanol–water partition coefficient (Wildman–Crippen LogP) is 5.31. The topological polar surface area (TPSA) is 33.1 Å². The van der Waals surface area contributed by atoms with Crippen molar-refractivity contribution in [1.29, 1.82) is 0 Å². The number of aromatic nitrogens is 1. The molecule has 21 heavy (non-hydrogen) atoms. The van der Waals surface area contributed by atoms with Gasteiger partial charge in [-0.1, -0.05) is 47.0 Å². The van der Waals surface area contributed by atoms with Gasteiger partial charge in [-0.05, 0) is 43.4 Å². The summed E-state index contributed by atoms with van der Waals surface area (Å²) in [6.45, 7) is 0. The molecule has 2 aromatic rings. The van der Waals surface area contributed by atoms with Gasteiger partial charge in [0.2, 0.25) is 0 Å². The molecule has 3 heteroatoms. The van der Waals surface area contributed by atoms with Gasteiger partial charge < -0.3 is 5.11 Å². The zero-order chi connectivity index (χ0) is 14.7. The van der Waals surface area contributed by atoms with E-state index in [1.165, 1.54) is 25.7 Å². The fourth-order valence-corrected chi connectivity index (χ4v) is 3.50. The normalized spacial score (nSPS) is 20.4. The van der Waals surface area contributed by atoms with Crippen LogP contribution in [0.4, 0.5) is 0 Å². The molecule has 1 aromatic heterocycles. The van der Waals surface area contributed by atoms with E-state index in [1.807, 2.05) is 24.3 Å². The van der Waals surface area contributed by atoms with Crippen molar-refractivity contribution in [2.24, 2.45) is 0 Å². The summed E-state index contributed by atoms with van der Waals surface area (Å²) in [6.07, 6.45) is 10.5. The summed E-state index contributed by atoms with van der Waals surface area (Å²) in [5.74, 6) is 0. The molecule has 0 saturated heterocycles. The standard InChI is InChI=1S/C18H20BrNO/c19-16-11-10-15(17-14(16)9-6-12-20-17)18(21)13-7-4-2-1-3-5-8-13/h6-7,9-12,18,21H,1-5,8H2/b13-7+. The van der Waals surface area contributed by atoms with E-state index in [1.54, 1.807) is 6.20 Å². The molecule has 1 heterocycles. The first kappa shape index (κ1) is 14.7. The lowest BCUT2D eigenvalue weighted by Gasteiger charge is -2.19. The van der Waals surface area contributed by atoms with E-state index in [0.29, 0.717) is 0 Å².